The molecule has 1 fully saturated rings. The van der Waals surface area contributed by atoms with Crippen LogP contribution >= 0.6 is 0 Å². The predicted molar refractivity (Wildman–Crippen MR) is 83.9 cm³/mol. The molecule has 110 valence electrons. The molecule has 1 saturated carbocycles. The molecule has 1 aromatic heterocycles. The predicted octanol–water partition coefficient (Wildman–Crippen LogP) is 2.68. The molecule has 0 bridgehead atoms. The fourth-order valence-electron chi connectivity index (χ4n) is 2.84. The third-order valence-corrected chi connectivity index (χ3v) is 4.12. The average Bonchev–Trinajstić information content (AvgIpc) is 3.00. The van der Waals surface area contributed by atoms with Crippen molar-refractivity contribution in [3.05, 3.63) is 48.2 Å². The molecule has 0 radical (unpaired) electrons. The summed E-state index contributed by atoms with van der Waals surface area (Å²) in [5.41, 5.74) is 8.55. The highest BCUT2D eigenvalue weighted by Gasteiger charge is 2.21. The van der Waals surface area contributed by atoms with Crippen LogP contribution in [0.2, 0.25) is 0 Å². The first kappa shape index (κ1) is 13.9. The van der Waals surface area contributed by atoms with Gasteiger partial charge in [-0.05, 0) is 43.4 Å². The fraction of sp³-hybridized carbons (Fsp3) is 0.353. The standard InChI is InChI=1S/C17H21N3O/c18-13-6-8-14(9-7-13)19-17(21)16-11-10-15(20-16)12-4-2-1-3-5-12/h1-5,10-11,13-14,20H,6-9,18H2,(H,19,21). The summed E-state index contributed by atoms with van der Waals surface area (Å²) in [7, 11) is 0. The summed E-state index contributed by atoms with van der Waals surface area (Å²) in [5, 5.41) is 3.09. The van der Waals surface area contributed by atoms with E-state index in [9.17, 15) is 4.79 Å². The highest BCUT2D eigenvalue weighted by Crippen LogP contribution is 2.19. The Bertz CT molecular complexity index is 598. The second kappa shape index (κ2) is 6.14. The van der Waals surface area contributed by atoms with Gasteiger partial charge in [0.2, 0.25) is 0 Å². The topological polar surface area (TPSA) is 70.9 Å². The molecular weight excluding hydrogens is 262 g/mol. The molecule has 4 nitrogen and oxygen atoms in total. The van der Waals surface area contributed by atoms with Gasteiger partial charge in [0.15, 0.2) is 0 Å². The van der Waals surface area contributed by atoms with Crippen LogP contribution in [0.15, 0.2) is 42.5 Å². The Morgan fingerprint density at radius 1 is 1.05 bits per heavy atom. The fourth-order valence-corrected chi connectivity index (χ4v) is 2.84. The summed E-state index contributed by atoms with van der Waals surface area (Å²) < 4.78 is 0. The van der Waals surface area contributed by atoms with Crippen molar-refractivity contribution in [2.24, 2.45) is 5.73 Å². The quantitative estimate of drug-likeness (QED) is 0.810. The molecule has 1 aromatic carbocycles. The zero-order chi connectivity index (χ0) is 14.7. The first-order valence-electron chi connectivity index (χ1n) is 7.53. The van der Waals surface area contributed by atoms with Crippen LogP contribution in [0.5, 0.6) is 0 Å². The lowest BCUT2D eigenvalue weighted by Gasteiger charge is -2.26. The molecule has 4 N–H and O–H groups in total. The van der Waals surface area contributed by atoms with Crippen molar-refractivity contribution in [1.29, 1.82) is 0 Å². The van der Waals surface area contributed by atoms with Crippen molar-refractivity contribution in [1.82, 2.24) is 10.3 Å². The van der Waals surface area contributed by atoms with Crippen LogP contribution in [0.25, 0.3) is 11.3 Å². The minimum atomic E-state index is -0.0300. The lowest BCUT2D eigenvalue weighted by molar-refractivity contribution is 0.0921. The van der Waals surface area contributed by atoms with Crippen LogP contribution < -0.4 is 11.1 Å². The smallest absolute Gasteiger partial charge is 0.267 e. The molecular formula is C17H21N3O. The molecule has 0 saturated heterocycles. The van der Waals surface area contributed by atoms with E-state index in [1.54, 1.807) is 0 Å². The molecule has 0 aliphatic heterocycles. The van der Waals surface area contributed by atoms with Gasteiger partial charge in [-0.25, -0.2) is 0 Å². The molecule has 0 atom stereocenters. The molecule has 0 unspecified atom stereocenters. The number of amides is 1. The van der Waals surface area contributed by atoms with Crippen molar-refractivity contribution in [3.8, 4) is 11.3 Å². The number of carbonyl (C=O) groups excluding carboxylic acids is 1. The Morgan fingerprint density at radius 2 is 1.76 bits per heavy atom. The molecule has 1 aliphatic rings. The van der Waals surface area contributed by atoms with E-state index in [0.29, 0.717) is 11.7 Å². The number of carbonyl (C=O) groups is 1. The lowest BCUT2D eigenvalue weighted by atomic mass is 9.92. The van der Waals surface area contributed by atoms with Crippen molar-refractivity contribution >= 4 is 5.91 Å². The molecule has 3 rings (SSSR count). The Balaban J connectivity index is 1.64. The summed E-state index contributed by atoms with van der Waals surface area (Å²) in [4.78, 5) is 15.5. The SMILES string of the molecule is NC1CCC(NC(=O)c2ccc(-c3ccccc3)[nH]2)CC1. The maximum atomic E-state index is 12.3. The van der Waals surface area contributed by atoms with Gasteiger partial charge < -0.3 is 16.0 Å². The minimum Gasteiger partial charge on any atom is -0.351 e. The summed E-state index contributed by atoms with van der Waals surface area (Å²) >= 11 is 0. The molecule has 2 aromatic rings. The average molecular weight is 283 g/mol. The highest BCUT2D eigenvalue weighted by molar-refractivity contribution is 5.93. The largest absolute Gasteiger partial charge is 0.351 e. The van der Waals surface area contributed by atoms with Gasteiger partial charge in [0.05, 0.1) is 0 Å². The molecule has 1 amide bonds. The van der Waals surface area contributed by atoms with E-state index >= 15 is 0 Å². The minimum absolute atomic E-state index is 0.0300. The molecule has 1 heterocycles. The molecule has 21 heavy (non-hydrogen) atoms. The van der Waals surface area contributed by atoms with Crippen molar-refractivity contribution in [2.75, 3.05) is 0 Å². The summed E-state index contributed by atoms with van der Waals surface area (Å²) in [5.74, 6) is -0.0300. The van der Waals surface area contributed by atoms with E-state index in [4.69, 9.17) is 5.73 Å². The second-order valence-corrected chi connectivity index (χ2v) is 5.74. The maximum absolute atomic E-state index is 12.3. The normalized spacial score (nSPS) is 22.0. The molecule has 0 spiro atoms. The summed E-state index contributed by atoms with van der Waals surface area (Å²) in [6, 6.07) is 14.3. The third kappa shape index (κ3) is 3.34. The lowest BCUT2D eigenvalue weighted by Crippen LogP contribution is -2.40. The van der Waals surface area contributed by atoms with Gasteiger partial charge in [0, 0.05) is 17.8 Å². The number of hydrogen-bond acceptors (Lipinski definition) is 2. The van der Waals surface area contributed by atoms with Gasteiger partial charge in [-0.1, -0.05) is 30.3 Å². The van der Waals surface area contributed by atoms with E-state index in [1.165, 1.54) is 0 Å². The van der Waals surface area contributed by atoms with E-state index in [-0.39, 0.29) is 11.9 Å². The number of aromatic amines is 1. The van der Waals surface area contributed by atoms with E-state index in [0.717, 1.165) is 36.9 Å². The molecule has 4 heteroatoms. The van der Waals surface area contributed by atoms with Crippen LogP contribution in [0.4, 0.5) is 0 Å². The molecule has 1 aliphatic carbocycles. The van der Waals surface area contributed by atoms with Crippen LogP contribution in [0, 0.1) is 0 Å². The zero-order valence-corrected chi connectivity index (χ0v) is 12.0. The third-order valence-electron chi connectivity index (χ3n) is 4.12. The maximum Gasteiger partial charge on any atom is 0.267 e. The van der Waals surface area contributed by atoms with Gasteiger partial charge in [-0.3, -0.25) is 4.79 Å². The van der Waals surface area contributed by atoms with Gasteiger partial charge in [0.25, 0.3) is 5.91 Å². The highest BCUT2D eigenvalue weighted by atomic mass is 16.1. The second-order valence-electron chi connectivity index (χ2n) is 5.74. The van der Waals surface area contributed by atoms with E-state index < -0.39 is 0 Å². The van der Waals surface area contributed by atoms with Crippen LogP contribution in [-0.4, -0.2) is 23.0 Å². The number of H-pyrrole nitrogens is 1. The first-order valence-corrected chi connectivity index (χ1v) is 7.53. The number of benzene rings is 1. The Labute approximate surface area is 124 Å². The number of aromatic nitrogens is 1. The van der Waals surface area contributed by atoms with Crippen LogP contribution in [-0.2, 0) is 0 Å². The number of nitrogens with one attached hydrogen (secondary N) is 2. The van der Waals surface area contributed by atoms with Crippen molar-refractivity contribution in [3.63, 3.8) is 0 Å². The Morgan fingerprint density at radius 3 is 2.48 bits per heavy atom. The number of hydrogen-bond donors (Lipinski definition) is 3. The summed E-state index contributed by atoms with van der Waals surface area (Å²) in [6.07, 6.45) is 3.92. The van der Waals surface area contributed by atoms with Gasteiger partial charge in [-0.2, -0.15) is 0 Å². The van der Waals surface area contributed by atoms with Crippen molar-refractivity contribution < 1.29 is 4.79 Å². The zero-order valence-electron chi connectivity index (χ0n) is 12.0. The van der Waals surface area contributed by atoms with Crippen molar-refractivity contribution in [2.45, 2.75) is 37.8 Å². The van der Waals surface area contributed by atoms with Crippen LogP contribution in [0.3, 0.4) is 0 Å². The van der Waals surface area contributed by atoms with Gasteiger partial charge in [-0.15, -0.1) is 0 Å². The van der Waals surface area contributed by atoms with E-state index in [2.05, 4.69) is 10.3 Å². The van der Waals surface area contributed by atoms with Gasteiger partial charge >= 0.3 is 0 Å². The Hall–Kier alpha value is -2.07. The monoisotopic (exact) mass is 283 g/mol. The number of rotatable bonds is 3. The Kier molecular flexibility index (Phi) is 4.06. The van der Waals surface area contributed by atoms with Gasteiger partial charge in [0.1, 0.15) is 5.69 Å². The first-order chi connectivity index (χ1) is 10.2. The summed E-state index contributed by atoms with van der Waals surface area (Å²) in [6.45, 7) is 0. The number of nitrogens with two attached hydrogens (primary N) is 1. The van der Waals surface area contributed by atoms with E-state index in [1.807, 2.05) is 42.5 Å². The van der Waals surface area contributed by atoms with Crippen LogP contribution in [0.1, 0.15) is 36.2 Å².